The maximum absolute atomic E-state index is 12.8. The number of hydrogen-bond acceptors (Lipinski definition) is 6. The molecule has 0 radical (unpaired) electrons. The first-order chi connectivity index (χ1) is 13.8. The van der Waals surface area contributed by atoms with Crippen molar-refractivity contribution in [1.82, 2.24) is 10.2 Å². The summed E-state index contributed by atoms with van der Waals surface area (Å²) >= 11 is 5.99. The Bertz CT molecular complexity index is 857. The van der Waals surface area contributed by atoms with Crippen molar-refractivity contribution < 1.29 is 28.7 Å². The predicted octanol–water partition coefficient (Wildman–Crippen LogP) is 2.58. The first-order valence-corrected chi connectivity index (χ1v) is 9.83. The Hall–Kier alpha value is -2.61. The average molecular weight is 423 g/mol. The molecule has 3 amide bonds. The third kappa shape index (κ3) is 4.07. The second-order valence-electron chi connectivity index (χ2n) is 7.37. The second-order valence-corrected chi connectivity index (χ2v) is 7.78. The van der Waals surface area contributed by atoms with Gasteiger partial charge in [0.2, 0.25) is 0 Å². The Morgan fingerprint density at radius 2 is 2.07 bits per heavy atom. The van der Waals surface area contributed by atoms with Crippen LogP contribution in [0.4, 0.5) is 4.79 Å². The zero-order valence-electron chi connectivity index (χ0n) is 16.3. The third-order valence-corrected chi connectivity index (χ3v) is 5.92. The Labute approximate surface area is 173 Å². The van der Waals surface area contributed by atoms with Crippen molar-refractivity contribution in [3.05, 3.63) is 28.8 Å². The van der Waals surface area contributed by atoms with Crippen LogP contribution in [0.15, 0.2) is 18.2 Å². The summed E-state index contributed by atoms with van der Waals surface area (Å²) in [6, 6.07) is 3.86. The van der Waals surface area contributed by atoms with Crippen LogP contribution >= 0.6 is 11.6 Å². The van der Waals surface area contributed by atoms with E-state index >= 15 is 0 Å². The lowest BCUT2D eigenvalue weighted by molar-refractivity contribution is -0.147. The Morgan fingerprint density at radius 3 is 2.72 bits per heavy atom. The molecular formula is C20H23ClN2O6. The summed E-state index contributed by atoms with van der Waals surface area (Å²) in [7, 11) is 1.46. The van der Waals surface area contributed by atoms with E-state index in [1.807, 2.05) is 6.92 Å². The number of halogens is 1. The Kier molecular flexibility index (Phi) is 6.12. The summed E-state index contributed by atoms with van der Waals surface area (Å²) in [6.45, 7) is 0.875. The molecule has 2 atom stereocenters. The summed E-state index contributed by atoms with van der Waals surface area (Å²) < 4.78 is 10.0. The third-order valence-electron chi connectivity index (χ3n) is 5.63. The number of carbonyl (C=O) groups excluding carboxylic acids is 4. The summed E-state index contributed by atoms with van der Waals surface area (Å²) in [5, 5.41) is 3.03. The number of methoxy groups -OCH3 is 1. The second kappa shape index (κ2) is 8.41. The highest BCUT2D eigenvalue weighted by Gasteiger charge is 2.55. The van der Waals surface area contributed by atoms with Crippen LogP contribution in [-0.2, 0) is 14.3 Å². The largest absolute Gasteiger partial charge is 0.495 e. The minimum absolute atomic E-state index is 0.00452. The van der Waals surface area contributed by atoms with Crippen LogP contribution < -0.4 is 10.1 Å². The number of amides is 3. The van der Waals surface area contributed by atoms with Gasteiger partial charge in [-0.1, -0.05) is 31.4 Å². The van der Waals surface area contributed by atoms with Crippen molar-refractivity contribution in [3.8, 4) is 5.75 Å². The lowest BCUT2D eigenvalue weighted by Gasteiger charge is -2.36. The molecule has 1 N–H and O–H groups in total. The van der Waals surface area contributed by atoms with Gasteiger partial charge in [-0.25, -0.2) is 4.79 Å². The molecule has 1 aliphatic heterocycles. The van der Waals surface area contributed by atoms with E-state index in [9.17, 15) is 19.2 Å². The molecule has 2 fully saturated rings. The van der Waals surface area contributed by atoms with Crippen molar-refractivity contribution in [1.29, 1.82) is 0 Å². The number of benzene rings is 1. The molecule has 1 saturated heterocycles. The molecule has 1 heterocycles. The van der Waals surface area contributed by atoms with Crippen molar-refractivity contribution in [3.63, 3.8) is 0 Å². The number of esters is 1. The number of urea groups is 1. The number of Topliss-reactive ketones (excluding diaryl/α,β-unsaturated/α-hetero) is 1. The van der Waals surface area contributed by atoms with Crippen LogP contribution in [-0.4, -0.2) is 54.4 Å². The van der Waals surface area contributed by atoms with Gasteiger partial charge in [0.05, 0.1) is 12.1 Å². The zero-order chi connectivity index (χ0) is 21.2. The SMILES string of the molecule is COc1ccc(C(=O)COC(=O)CN2C(=O)N[C@]3(CCCC[C@@H]3C)C2=O)cc1Cl. The van der Waals surface area contributed by atoms with Crippen LogP contribution in [0.3, 0.4) is 0 Å². The number of ether oxygens (including phenoxy) is 2. The number of carbonyl (C=O) groups is 4. The van der Waals surface area contributed by atoms with E-state index in [1.54, 1.807) is 0 Å². The molecule has 0 unspecified atom stereocenters. The van der Waals surface area contributed by atoms with Crippen molar-refractivity contribution in [2.24, 2.45) is 5.92 Å². The molecule has 156 valence electrons. The van der Waals surface area contributed by atoms with E-state index in [-0.39, 0.29) is 16.5 Å². The molecule has 3 rings (SSSR count). The topological polar surface area (TPSA) is 102 Å². The minimum Gasteiger partial charge on any atom is -0.495 e. The van der Waals surface area contributed by atoms with Crippen molar-refractivity contribution in [2.45, 2.75) is 38.1 Å². The van der Waals surface area contributed by atoms with Gasteiger partial charge in [-0.3, -0.25) is 19.3 Å². The lowest BCUT2D eigenvalue weighted by Crippen LogP contribution is -2.54. The van der Waals surface area contributed by atoms with Gasteiger partial charge in [-0.15, -0.1) is 0 Å². The van der Waals surface area contributed by atoms with Crippen molar-refractivity contribution in [2.75, 3.05) is 20.3 Å². The van der Waals surface area contributed by atoms with Gasteiger partial charge >= 0.3 is 12.0 Å². The molecule has 1 aromatic rings. The standard InChI is InChI=1S/C20H23ClN2O6/c1-12-5-3-4-8-20(12)18(26)23(19(27)22-20)10-17(25)29-11-15(24)13-6-7-16(28-2)14(21)9-13/h6-7,9,12H,3-5,8,10-11H2,1-2H3,(H,22,27)/t12-,20-/m0/s1. The number of imide groups is 1. The summed E-state index contributed by atoms with van der Waals surface area (Å²) in [6.07, 6.45) is 3.24. The fourth-order valence-corrected chi connectivity index (χ4v) is 4.14. The molecule has 1 aliphatic carbocycles. The highest BCUT2D eigenvalue weighted by atomic mass is 35.5. The van der Waals surface area contributed by atoms with E-state index < -0.39 is 42.4 Å². The minimum atomic E-state index is -0.939. The van der Waals surface area contributed by atoms with Crippen LogP contribution in [0.1, 0.15) is 43.0 Å². The number of nitrogens with zero attached hydrogens (tertiary/aromatic N) is 1. The molecule has 1 aromatic carbocycles. The van der Waals surface area contributed by atoms with Crippen LogP contribution in [0, 0.1) is 5.92 Å². The maximum atomic E-state index is 12.8. The summed E-state index contributed by atoms with van der Waals surface area (Å²) in [4.78, 5) is 50.4. The molecule has 29 heavy (non-hydrogen) atoms. The van der Waals surface area contributed by atoms with Crippen molar-refractivity contribution >= 4 is 35.3 Å². The van der Waals surface area contributed by atoms with Gasteiger partial charge in [0, 0.05) is 5.56 Å². The van der Waals surface area contributed by atoms with Gasteiger partial charge in [-0.05, 0) is 37.0 Å². The highest BCUT2D eigenvalue weighted by Crippen LogP contribution is 2.38. The lowest BCUT2D eigenvalue weighted by atomic mass is 9.73. The molecule has 1 spiro atoms. The monoisotopic (exact) mass is 422 g/mol. The molecular weight excluding hydrogens is 400 g/mol. The van der Waals surface area contributed by atoms with Crippen LogP contribution in [0.2, 0.25) is 5.02 Å². The predicted molar refractivity (Wildman–Crippen MR) is 104 cm³/mol. The van der Waals surface area contributed by atoms with Gasteiger partial charge in [0.1, 0.15) is 17.8 Å². The molecule has 9 heteroatoms. The van der Waals surface area contributed by atoms with E-state index in [0.717, 1.165) is 24.2 Å². The van der Waals surface area contributed by atoms with Gasteiger partial charge in [0.15, 0.2) is 12.4 Å². The Morgan fingerprint density at radius 1 is 1.31 bits per heavy atom. The summed E-state index contributed by atoms with van der Waals surface area (Å²) in [5.74, 6) is -1.28. The molecule has 8 nitrogen and oxygen atoms in total. The number of ketones is 1. The van der Waals surface area contributed by atoms with E-state index in [1.165, 1.54) is 25.3 Å². The zero-order valence-corrected chi connectivity index (χ0v) is 17.1. The number of nitrogens with one attached hydrogen (secondary N) is 1. The maximum Gasteiger partial charge on any atom is 0.326 e. The average Bonchev–Trinajstić information content (AvgIpc) is 2.93. The fourth-order valence-electron chi connectivity index (χ4n) is 3.88. The summed E-state index contributed by atoms with van der Waals surface area (Å²) in [5.41, 5.74) is -0.681. The fraction of sp³-hybridized carbons (Fsp3) is 0.500. The first-order valence-electron chi connectivity index (χ1n) is 9.45. The Balaban J connectivity index is 1.58. The van der Waals surface area contributed by atoms with Gasteiger partial charge in [0.25, 0.3) is 5.91 Å². The quantitative estimate of drug-likeness (QED) is 0.429. The van der Waals surface area contributed by atoms with Crippen LogP contribution in [0.5, 0.6) is 5.75 Å². The van der Waals surface area contributed by atoms with Gasteiger partial charge in [-0.2, -0.15) is 0 Å². The number of hydrogen-bond donors (Lipinski definition) is 1. The normalized spacial score (nSPS) is 23.8. The van der Waals surface area contributed by atoms with Gasteiger partial charge < -0.3 is 14.8 Å². The highest BCUT2D eigenvalue weighted by molar-refractivity contribution is 6.32. The molecule has 0 bridgehead atoms. The van der Waals surface area contributed by atoms with E-state index in [4.69, 9.17) is 21.1 Å². The smallest absolute Gasteiger partial charge is 0.326 e. The number of rotatable bonds is 6. The molecule has 0 aromatic heterocycles. The molecule has 2 aliphatic rings. The van der Waals surface area contributed by atoms with Crippen LogP contribution in [0.25, 0.3) is 0 Å². The molecule has 1 saturated carbocycles. The first kappa shape index (κ1) is 21.1. The van der Waals surface area contributed by atoms with E-state index in [2.05, 4.69) is 5.32 Å². The van der Waals surface area contributed by atoms with E-state index in [0.29, 0.717) is 12.2 Å².